The minimum Gasteiger partial charge on any atom is -0.462 e. The van der Waals surface area contributed by atoms with Crippen molar-refractivity contribution in [3.8, 4) is 0 Å². The highest BCUT2D eigenvalue weighted by Gasteiger charge is 2.19. The van der Waals surface area contributed by atoms with Crippen LogP contribution in [0.4, 0.5) is 0 Å². The molecule has 0 saturated carbocycles. The van der Waals surface area contributed by atoms with Gasteiger partial charge in [-0.15, -0.1) is 0 Å². The van der Waals surface area contributed by atoms with Crippen LogP contribution in [-0.4, -0.2) is 37.2 Å². The quantitative estimate of drug-likeness (QED) is 0.0346. The van der Waals surface area contributed by atoms with Gasteiger partial charge in [0.15, 0.2) is 6.10 Å². The van der Waals surface area contributed by atoms with Gasteiger partial charge in [-0.25, -0.2) is 0 Å². The Hall–Kier alpha value is -1.59. The smallest absolute Gasteiger partial charge is 0.306 e. The summed E-state index contributed by atoms with van der Waals surface area (Å²) in [6, 6.07) is 0. The minimum absolute atomic E-state index is 0.0631. The van der Waals surface area contributed by atoms with Gasteiger partial charge in [0.05, 0.1) is 0 Å². The zero-order valence-electron chi connectivity index (χ0n) is 39.3. The molecule has 0 aromatic rings. The summed E-state index contributed by atoms with van der Waals surface area (Å²) >= 11 is 0. The molecule has 0 unspecified atom stereocenters. The van der Waals surface area contributed by atoms with E-state index in [9.17, 15) is 14.4 Å². The van der Waals surface area contributed by atoms with Gasteiger partial charge in [0.25, 0.3) is 0 Å². The molecule has 0 amide bonds. The fourth-order valence-electron chi connectivity index (χ4n) is 7.92. The second-order valence-corrected chi connectivity index (χ2v) is 17.8. The number of hydrogen-bond donors (Lipinski definition) is 0. The minimum atomic E-state index is -0.758. The van der Waals surface area contributed by atoms with E-state index in [-0.39, 0.29) is 31.1 Å². The molecule has 0 radical (unpaired) electrons. The number of ether oxygens (including phenoxy) is 3. The van der Waals surface area contributed by atoms with Crippen LogP contribution < -0.4 is 0 Å². The number of hydrogen-bond acceptors (Lipinski definition) is 6. The van der Waals surface area contributed by atoms with E-state index < -0.39 is 6.10 Å². The molecule has 0 rings (SSSR count). The standard InChI is InChI=1S/C52H100O6/c1-4-7-10-13-15-17-19-21-23-25-26-27-29-30-32-34-36-39-42-45-51(54)57-48-49(47-56-50(53)44-41-38-12-9-6-3)58-52(55)46-43-40-37-35-33-31-28-24-22-20-18-16-14-11-8-5-2/h49H,4-48H2,1-3H3/t49-/m0/s1. The number of carbonyl (C=O) groups is 3. The van der Waals surface area contributed by atoms with E-state index in [1.807, 2.05) is 0 Å². The molecule has 0 N–H and O–H groups in total. The average molecular weight is 821 g/mol. The average Bonchev–Trinajstić information content (AvgIpc) is 3.22. The summed E-state index contributed by atoms with van der Waals surface area (Å²) in [4.78, 5) is 37.6. The predicted molar refractivity (Wildman–Crippen MR) is 247 cm³/mol. The van der Waals surface area contributed by atoms with Crippen LogP contribution in [-0.2, 0) is 28.6 Å². The van der Waals surface area contributed by atoms with Crippen molar-refractivity contribution in [3.05, 3.63) is 0 Å². The van der Waals surface area contributed by atoms with Crippen LogP contribution in [0.2, 0.25) is 0 Å². The van der Waals surface area contributed by atoms with Crippen molar-refractivity contribution in [1.82, 2.24) is 0 Å². The highest BCUT2D eigenvalue weighted by atomic mass is 16.6. The first-order valence-electron chi connectivity index (χ1n) is 26.0. The maximum Gasteiger partial charge on any atom is 0.306 e. The van der Waals surface area contributed by atoms with Gasteiger partial charge >= 0.3 is 17.9 Å². The van der Waals surface area contributed by atoms with Gasteiger partial charge in [-0.05, 0) is 19.3 Å². The zero-order chi connectivity index (χ0) is 42.3. The number of esters is 3. The van der Waals surface area contributed by atoms with E-state index in [0.29, 0.717) is 19.3 Å². The van der Waals surface area contributed by atoms with E-state index >= 15 is 0 Å². The number of rotatable bonds is 48. The predicted octanol–water partition coefficient (Wildman–Crippen LogP) is 16.8. The first kappa shape index (κ1) is 56.4. The third-order valence-electron chi connectivity index (χ3n) is 11.9. The molecule has 0 aliphatic heterocycles. The van der Waals surface area contributed by atoms with Crippen LogP contribution in [0.25, 0.3) is 0 Å². The second kappa shape index (κ2) is 48.1. The van der Waals surface area contributed by atoms with Gasteiger partial charge in [0.1, 0.15) is 13.2 Å². The Morgan fingerprint density at radius 1 is 0.276 bits per heavy atom. The highest BCUT2D eigenvalue weighted by molar-refractivity contribution is 5.71. The van der Waals surface area contributed by atoms with Gasteiger partial charge in [0, 0.05) is 19.3 Å². The molecule has 0 spiro atoms. The highest BCUT2D eigenvalue weighted by Crippen LogP contribution is 2.17. The summed E-state index contributed by atoms with van der Waals surface area (Å²) < 4.78 is 16.7. The van der Waals surface area contributed by atoms with Gasteiger partial charge in [-0.2, -0.15) is 0 Å². The fraction of sp³-hybridized carbons (Fsp3) is 0.942. The largest absolute Gasteiger partial charge is 0.462 e. The van der Waals surface area contributed by atoms with Crippen molar-refractivity contribution < 1.29 is 28.6 Å². The molecule has 0 aliphatic rings. The lowest BCUT2D eigenvalue weighted by atomic mass is 10.0. The zero-order valence-corrected chi connectivity index (χ0v) is 39.3. The van der Waals surface area contributed by atoms with E-state index in [4.69, 9.17) is 14.2 Å². The Kier molecular flexibility index (Phi) is 46.8. The van der Waals surface area contributed by atoms with Crippen LogP contribution in [0, 0.1) is 0 Å². The molecule has 6 nitrogen and oxygen atoms in total. The van der Waals surface area contributed by atoms with Crippen LogP contribution in [0.15, 0.2) is 0 Å². The van der Waals surface area contributed by atoms with Crippen LogP contribution in [0.3, 0.4) is 0 Å². The summed E-state index contributed by atoms with van der Waals surface area (Å²) in [5.74, 6) is -0.857. The molecule has 0 aliphatic carbocycles. The molecule has 0 fully saturated rings. The Morgan fingerprint density at radius 3 is 0.690 bits per heavy atom. The molecule has 0 aromatic carbocycles. The summed E-state index contributed by atoms with van der Waals surface area (Å²) in [5.41, 5.74) is 0. The van der Waals surface area contributed by atoms with Crippen LogP contribution >= 0.6 is 0 Å². The van der Waals surface area contributed by atoms with Crippen molar-refractivity contribution in [1.29, 1.82) is 0 Å². The summed E-state index contributed by atoms with van der Waals surface area (Å²) in [7, 11) is 0. The summed E-state index contributed by atoms with van der Waals surface area (Å²) in [6.45, 7) is 6.61. The maximum absolute atomic E-state index is 12.7. The van der Waals surface area contributed by atoms with Gasteiger partial charge in [-0.1, -0.05) is 258 Å². The van der Waals surface area contributed by atoms with Gasteiger partial charge < -0.3 is 14.2 Å². The molecule has 0 heterocycles. The molecule has 344 valence electrons. The normalized spacial score (nSPS) is 11.8. The number of unbranched alkanes of at least 4 members (excludes halogenated alkanes) is 37. The SMILES string of the molecule is CCCCCCCCCCCCCCCCCCCCCC(=O)OC[C@H](COC(=O)CCCCCCC)OC(=O)CCCCCCCCCCCCCCCCCC. The van der Waals surface area contributed by atoms with Crippen molar-refractivity contribution >= 4 is 17.9 Å². The van der Waals surface area contributed by atoms with E-state index in [1.54, 1.807) is 0 Å². The summed E-state index contributed by atoms with van der Waals surface area (Å²) in [5, 5.41) is 0. The molecular formula is C52H100O6. The van der Waals surface area contributed by atoms with Crippen molar-refractivity contribution in [2.45, 2.75) is 303 Å². The monoisotopic (exact) mass is 821 g/mol. The molecule has 1 atom stereocenters. The molecular weight excluding hydrogens is 721 g/mol. The van der Waals surface area contributed by atoms with Gasteiger partial charge in [-0.3, -0.25) is 14.4 Å². The van der Waals surface area contributed by atoms with E-state index in [2.05, 4.69) is 20.8 Å². The lowest BCUT2D eigenvalue weighted by Gasteiger charge is -2.18. The summed E-state index contributed by atoms with van der Waals surface area (Å²) in [6.07, 6.45) is 51.3. The van der Waals surface area contributed by atoms with E-state index in [1.165, 1.54) is 193 Å². The topological polar surface area (TPSA) is 78.9 Å². The van der Waals surface area contributed by atoms with Crippen LogP contribution in [0.5, 0.6) is 0 Å². The third kappa shape index (κ3) is 45.5. The first-order valence-corrected chi connectivity index (χ1v) is 26.0. The Morgan fingerprint density at radius 2 is 0.466 bits per heavy atom. The number of carbonyl (C=O) groups excluding carboxylic acids is 3. The maximum atomic E-state index is 12.7. The van der Waals surface area contributed by atoms with Crippen molar-refractivity contribution in [3.63, 3.8) is 0 Å². The Bertz CT molecular complexity index is 859. The molecule has 6 heteroatoms. The van der Waals surface area contributed by atoms with Crippen molar-refractivity contribution in [2.24, 2.45) is 0 Å². The molecule has 0 bridgehead atoms. The molecule has 58 heavy (non-hydrogen) atoms. The molecule has 0 aromatic heterocycles. The third-order valence-corrected chi connectivity index (χ3v) is 11.9. The Balaban J connectivity index is 4.08. The molecule has 0 saturated heterocycles. The fourth-order valence-corrected chi connectivity index (χ4v) is 7.92. The second-order valence-electron chi connectivity index (χ2n) is 17.8. The van der Waals surface area contributed by atoms with Gasteiger partial charge in [0.2, 0.25) is 0 Å². The lowest BCUT2D eigenvalue weighted by molar-refractivity contribution is -0.167. The van der Waals surface area contributed by atoms with E-state index in [0.717, 1.165) is 64.2 Å². The van der Waals surface area contributed by atoms with Crippen molar-refractivity contribution in [2.75, 3.05) is 13.2 Å². The Labute approximate surface area is 361 Å². The lowest BCUT2D eigenvalue weighted by Crippen LogP contribution is -2.30. The van der Waals surface area contributed by atoms with Crippen LogP contribution in [0.1, 0.15) is 297 Å². The first-order chi connectivity index (χ1) is 28.5.